The third-order valence-corrected chi connectivity index (χ3v) is 3.24. The van der Waals surface area contributed by atoms with Crippen molar-refractivity contribution in [3.05, 3.63) is 58.9 Å². The fraction of sp³-hybridized carbons (Fsp3) is 0.133. The summed E-state index contributed by atoms with van der Waals surface area (Å²) in [4.78, 5) is 11.2. The van der Waals surface area contributed by atoms with Crippen molar-refractivity contribution in [1.29, 1.82) is 0 Å². The highest BCUT2D eigenvalue weighted by atomic mass is 19.1. The number of carbonyl (C=O) groups is 1. The lowest BCUT2D eigenvalue weighted by molar-refractivity contribution is 0.0697. The zero-order valence-corrected chi connectivity index (χ0v) is 10.0. The Morgan fingerprint density at radius 2 is 1.89 bits per heavy atom. The maximum absolute atomic E-state index is 13.2. The van der Waals surface area contributed by atoms with Gasteiger partial charge in [0.2, 0.25) is 0 Å². The van der Waals surface area contributed by atoms with Crippen LogP contribution >= 0.6 is 0 Å². The lowest BCUT2D eigenvalue weighted by Gasteiger charge is -2.08. The van der Waals surface area contributed by atoms with Crippen molar-refractivity contribution in [3.63, 3.8) is 0 Å². The molecule has 0 saturated carbocycles. The Kier molecular flexibility index (Phi) is 2.80. The third kappa shape index (κ3) is 2.11. The second kappa shape index (κ2) is 4.48. The van der Waals surface area contributed by atoms with Crippen LogP contribution in [0.4, 0.5) is 4.39 Å². The number of ether oxygens (including phenoxy) is 1. The second-order valence-corrected chi connectivity index (χ2v) is 4.47. The van der Waals surface area contributed by atoms with E-state index in [2.05, 4.69) is 0 Å². The van der Waals surface area contributed by atoms with Gasteiger partial charge in [0, 0.05) is 0 Å². The molecule has 1 heterocycles. The quantitative estimate of drug-likeness (QED) is 0.899. The van der Waals surface area contributed by atoms with E-state index in [0.717, 1.165) is 22.8 Å². The third-order valence-electron chi connectivity index (χ3n) is 3.24. The van der Waals surface area contributed by atoms with Crippen LogP contribution in [0.15, 0.2) is 36.4 Å². The highest BCUT2D eigenvalue weighted by Crippen LogP contribution is 2.29. The molecule has 0 unspecified atom stereocenters. The minimum atomic E-state index is -1.13. The minimum absolute atomic E-state index is 0.0288. The zero-order valence-electron chi connectivity index (χ0n) is 10.0. The molecule has 96 valence electrons. The summed E-state index contributed by atoms with van der Waals surface area (Å²) in [6, 6.07) is 9.48. The van der Waals surface area contributed by atoms with Gasteiger partial charge in [0.25, 0.3) is 0 Å². The van der Waals surface area contributed by atoms with Crippen molar-refractivity contribution in [3.8, 4) is 11.1 Å². The Labute approximate surface area is 109 Å². The van der Waals surface area contributed by atoms with Gasteiger partial charge in [-0.2, -0.15) is 0 Å². The highest BCUT2D eigenvalue weighted by Gasteiger charge is 2.16. The monoisotopic (exact) mass is 258 g/mol. The number of hydrogen-bond donors (Lipinski definition) is 1. The van der Waals surface area contributed by atoms with Gasteiger partial charge in [-0.1, -0.05) is 18.2 Å². The number of benzene rings is 2. The summed E-state index contributed by atoms with van der Waals surface area (Å²) >= 11 is 0. The normalized spacial score (nSPS) is 13.3. The number of halogens is 1. The second-order valence-electron chi connectivity index (χ2n) is 4.47. The van der Waals surface area contributed by atoms with Gasteiger partial charge in [-0.05, 0) is 40.5 Å². The van der Waals surface area contributed by atoms with E-state index in [9.17, 15) is 9.18 Å². The van der Waals surface area contributed by atoms with Gasteiger partial charge >= 0.3 is 5.97 Å². The topological polar surface area (TPSA) is 46.5 Å². The van der Waals surface area contributed by atoms with Gasteiger partial charge in [0.15, 0.2) is 0 Å². The van der Waals surface area contributed by atoms with Crippen molar-refractivity contribution in [2.24, 2.45) is 0 Å². The van der Waals surface area contributed by atoms with Crippen LogP contribution in [0.2, 0.25) is 0 Å². The summed E-state index contributed by atoms with van der Waals surface area (Å²) in [6.07, 6.45) is 0. The molecule has 0 bridgehead atoms. The predicted molar refractivity (Wildman–Crippen MR) is 67.3 cm³/mol. The Bertz CT molecular complexity index is 664. The minimum Gasteiger partial charge on any atom is -0.478 e. The van der Waals surface area contributed by atoms with Gasteiger partial charge in [-0.3, -0.25) is 0 Å². The van der Waals surface area contributed by atoms with Gasteiger partial charge in [-0.15, -0.1) is 0 Å². The molecular formula is C15H11FO3. The van der Waals surface area contributed by atoms with E-state index in [0.29, 0.717) is 18.8 Å². The van der Waals surface area contributed by atoms with Crippen LogP contribution in [-0.2, 0) is 18.0 Å². The summed E-state index contributed by atoms with van der Waals surface area (Å²) in [6.45, 7) is 1.12. The van der Waals surface area contributed by atoms with Crippen molar-refractivity contribution >= 4 is 5.97 Å². The SMILES string of the molecule is O=C(O)c1cc(F)ccc1-c1ccc2c(c1)COC2. The number of rotatable bonds is 2. The molecule has 0 radical (unpaired) electrons. The molecule has 19 heavy (non-hydrogen) atoms. The molecule has 0 saturated heterocycles. The molecule has 0 atom stereocenters. The van der Waals surface area contributed by atoms with Crippen LogP contribution in [0, 0.1) is 5.82 Å². The van der Waals surface area contributed by atoms with Crippen molar-refractivity contribution < 1.29 is 19.0 Å². The zero-order chi connectivity index (χ0) is 13.4. The number of fused-ring (bicyclic) bond motifs is 1. The van der Waals surface area contributed by atoms with E-state index in [1.54, 1.807) is 0 Å². The molecule has 2 aromatic carbocycles. The Balaban J connectivity index is 2.14. The first-order chi connectivity index (χ1) is 9.15. The molecular weight excluding hydrogens is 247 g/mol. The number of aromatic carboxylic acids is 1. The van der Waals surface area contributed by atoms with Crippen molar-refractivity contribution in [2.75, 3.05) is 0 Å². The van der Waals surface area contributed by atoms with Crippen LogP contribution in [-0.4, -0.2) is 11.1 Å². The molecule has 1 aliphatic heterocycles. The van der Waals surface area contributed by atoms with E-state index >= 15 is 0 Å². The fourth-order valence-electron chi connectivity index (χ4n) is 2.28. The average Bonchev–Trinajstić information content (AvgIpc) is 2.85. The molecule has 0 spiro atoms. The summed E-state index contributed by atoms with van der Waals surface area (Å²) in [7, 11) is 0. The molecule has 0 aliphatic carbocycles. The van der Waals surface area contributed by atoms with Crippen LogP contribution in [0.3, 0.4) is 0 Å². The van der Waals surface area contributed by atoms with Gasteiger partial charge in [0.1, 0.15) is 5.82 Å². The molecule has 1 N–H and O–H groups in total. The van der Waals surface area contributed by atoms with E-state index in [1.807, 2.05) is 18.2 Å². The first-order valence-electron chi connectivity index (χ1n) is 5.88. The molecule has 0 aromatic heterocycles. The lowest BCUT2D eigenvalue weighted by Crippen LogP contribution is -2.00. The van der Waals surface area contributed by atoms with Crippen LogP contribution in [0.25, 0.3) is 11.1 Å². The van der Waals surface area contributed by atoms with Gasteiger partial charge in [-0.25, -0.2) is 9.18 Å². The highest BCUT2D eigenvalue weighted by molar-refractivity contribution is 5.96. The van der Waals surface area contributed by atoms with Crippen LogP contribution < -0.4 is 0 Å². The lowest BCUT2D eigenvalue weighted by atomic mass is 9.96. The number of hydrogen-bond acceptors (Lipinski definition) is 2. The largest absolute Gasteiger partial charge is 0.478 e. The summed E-state index contributed by atoms with van der Waals surface area (Å²) in [5.41, 5.74) is 3.42. The van der Waals surface area contributed by atoms with Crippen LogP contribution in [0.5, 0.6) is 0 Å². The predicted octanol–water partition coefficient (Wildman–Crippen LogP) is 3.22. The molecule has 1 aliphatic rings. The van der Waals surface area contributed by atoms with Crippen molar-refractivity contribution in [1.82, 2.24) is 0 Å². The summed E-state index contributed by atoms with van der Waals surface area (Å²) < 4.78 is 18.5. The number of carboxylic acids is 1. The Morgan fingerprint density at radius 3 is 2.68 bits per heavy atom. The van der Waals surface area contributed by atoms with E-state index in [-0.39, 0.29) is 5.56 Å². The van der Waals surface area contributed by atoms with E-state index in [4.69, 9.17) is 9.84 Å². The molecule has 3 rings (SSSR count). The molecule has 0 fully saturated rings. The van der Waals surface area contributed by atoms with Crippen molar-refractivity contribution in [2.45, 2.75) is 13.2 Å². The average molecular weight is 258 g/mol. The Morgan fingerprint density at radius 1 is 1.11 bits per heavy atom. The standard InChI is InChI=1S/C15H11FO3/c16-12-3-4-13(14(6-12)15(17)18)9-1-2-10-7-19-8-11(10)5-9/h1-6H,7-8H2,(H,17,18). The first-order valence-corrected chi connectivity index (χ1v) is 5.88. The Hall–Kier alpha value is -2.20. The maximum atomic E-state index is 13.2. The summed E-state index contributed by atoms with van der Waals surface area (Å²) in [5, 5.41) is 9.15. The first kappa shape index (κ1) is 11.9. The van der Waals surface area contributed by atoms with E-state index in [1.165, 1.54) is 12.1 Å². The maximum Gasteiger partial charge on any atom is 0.336 e. The smallest absolute Gasteiger partial charge is 0.336 e. The van der Waals surface area contributed by atoms with Gasteiger partial charge in [0.05, 0.1) is 18.8 Å². The summed E-state index contributed by atoms with van der Waals surface area (Å²) in [5.74, 6) is -1.68. The molecule has 2 aromatic rings. The molecule has 4 heteroatoms. The fourth-order valence-corrected chi connectivity index (χ4v) is 2.28. The molecule has 0 amide bonds. The van der Waals surface area contributed by atoms with Gasteiger partial charge < -0.3 is 9.84 Å². The van der Waals surface area contributed by atoms with Crippen LogP contribution in [0.1, 0.15) is 21.5 Å². The number of carboxylic acid groups (broad SMARTS) is 1. The van der Waals surface area contributed by atoms with E-state index < -0.39 is 11.8 Å². The molecule has 3 nitrogen and oxygen atoms in total.